The lowest BCUT2D eigenvalue weighted by atomic mass is 9.86. The van der Waals surface area contributed by atoms with Gasteiger partial charge in [0, 0.05) is 34.7 Å². The number of nitrogens with one attached hydrogen (secondary N) is 7. The number of hydrogen-bond acceptors (Lipinski definition) is 20. The highest BCUT2D eigenvalue weighted by molar-refractivity contribution is 6.32. The zero-order valence-corrected chi connectivity index (χ0v) is 50.1. The van der Waals surface area contributed by atoms with Crippen molar-refractivity contribution in [3.05, 3.63) is 117 Å². The standard InChI is InChI=1S/C60H65Cl2N9O19/c1-22(2)12-33(65-5)53(79)70-47-49(76)25-7-10-37(31(61)14-25)88-39-16-27-17-40(50(39)77)89-38-11-8-26(15-32(38)62)51(90-42-21-60(4,64)52(78)23(3)87-42)48-58(84)69-46(59(85)86)30-18-28(72)19-36(74)43(30)29-13-24(6-9-35(29)73)44(55(81)71-48)68-56(82)45(27)67-54(80)34(20-41(63)75)66-57(47)83/h6-11,13-19,22-23,33-34,42,44-49,51-52,65,72-74,76-78H,12,20-21,64H2,1-5H3,(H2,63,75)(H,66,83)(H,67,80)(H,68,82)(H,69,84)(H,70,79)(H,71,81)(H,85,86)/t23?,33-,34+,42?,44?,45-,46+,47-,48?,49-,51-,52?,60?/m1/s1. The maximum absolute atomic E-state index is 15.7. The summed E-state index contributed by atoms with van der Waals surface area (Å²) in [7, 11) is 1.50. The van der Waals surface area contributed by atoms with E-state index in [1.165, 1.54) is 57.3 Å². The number of amides is 7. The Morgan fingerprint density at radius 2 is 1.33 bits per heavy atom. The van der Waals surface area contributed by atoms with E-state index >= 15 is 19.2 Å². The molecular weight excluding hydrogens is 1220 g/mol. The molecule has 6 heterocycles. The topological polar surface area (TPSA) is 451 Å². The number of carbonyl (C=O) groups is 8. The Bertz CT molecular complexity index is 3720. The van der Waals surface area contributed by atoms with Crippen LogP contribution in [0.1, 0.15) is 105 Å². The van der Waals surface area contributed by atoms with Crippen molar-refractivity contribution in [1.29, 1.82) is 0 Å². The molecule has 0 aromatic heterocycles. The van der Waals surface area contributed by atoms with Gasteiger partial charge in [-0.3, -0.25) is 33.6 Å². The first-order valence-corrected chi connectivity index (χ1v) is 28.9. The molecule has 6 aliphatic rings. The van der Waals surface area contributed by atoms with Gasteiger partial charge in [0.15, 0.2) is 23.8 Å². The molecule has 5 aromatic carbocycles. The summed E-state index contributed by atoms with van der Waals surface area (Å²) >= 11 is 13.9. The van der Waals surface area contributed by atoms with Gasteiger partial charge in [-0.15, -0.1) is 0 Å². The minimum atomic E-state index is -2.22. The van der Waals surface area contributed by atoms with Crippen molar-refractivity contribution in [1.82, 2.24) is 37.2 Å². The molecule has 13 atom stereocenters. The fourth-order valence-electron chi connectivity index (χ4n) is 11.1. The maximum atomic E-state index is 15.7. The number of likely N-dealkylation sites (N-methyl/N-ethyl adjacent to an activating group) is 1. The average molecular weight is 1290 g/mol. The lowest BCUT2D eigenvalue weighted by Gasteiger charge is -2.44. The van der Waals surface area contributed by atoms with Crippen molar-refractivity contribution >= 4 is 70.5 Å². The van der Waals surface area contributed by atoms with Crippen LogP contribution in [0.5, 0.6) is 46.0 Å². The first-order valence-electron chi connectivity index (χ1n) is 28.1. The first-order chi connectivity index (χ1) is 42.4. The highest BCUT2D eigenvalue weighted by Gasteiger charge is 2.47. The van der Waals surface area contributed by atoms with Gasteiger partial charge in [-0.25, -0.2) is 4.79 Å². The second-order valence-electron chi connectivity index (χ2n) is 22.9. The van der Waals surface area contributed by atoms with E-state index in [0.29, 0.717) is 0 Å². The predicted octanol–water partition coefficient (Wildman–Crippen LogP) is 2.63. The predicted molar refractivity (Wildman–Crippen MR) is 317 cm³/mol. The molecule has 0 saturated carbocycles. The molecule has 478 valence electrons. The number of carbonyl (C=O) groups excluding carboxylic acids is 7. The SMILES string of the molecule is CN[C@H](CC(C)C)C(=O)N[C@H]1C(=O)N[C@@H](CC(N)=O)C(=O)N[C@H]2C(=O)NC3C(=O)NC(C(=O)N[C@H](C(=O)O)c4cc(O)cc(O)c4-c4cc3ccc4O)[C@H](OC3CC(C)(N)C(O)C(C)O3)c3ccc(c(Cl)c3)Oc3cc2cc(c3O)Oc2ccc(cc2Cl)[C@H]1O. The molecule has 1 saturated heterocycles. The summed E-state index contributed by atoms with van der Waals surface area (Å²) < 4.78 is 25.1. The third-order valence-electron chi connectivity index (χ3n) is 15.7. The highest BCUT2D eigenvalue weighted by Crippen LogP contribution is 2.48. The van der Waals surface area contributed by atoms with Crippen molar-refractivity contribution in [3.8, 4) is 57.1 Å². The Hall–Kier alpha value is -9.00. The molecule has 0 radical (unpaired) electrons. The molecule has 18 N–H and O–H groups in total. The number of nitrogens with two attached hydrogens (primary N) is 2. The lowest BCUT2D eigenvalue weighted by Crippen LogP contribution is -2.61. The molecular formula is C60H65Cl2N9O19. The van der Waals surface area contributed by atoms with Gasteiger partial charge >= 0.3 is 5.97 Å². The third-order valence-corrected chi connectivity index (χ3v) is 16.3. The number of aliphatic hydroxyl groups excluding tert-OH is 2. The second-order valence-corrected chi connectivity index (χ2v) is 23.7. The molecule has 0 spiro atoms. The van der Waals surface area contributed by atoms with Crippen LogP contribution in [0.15, 0.2) is 78.9 Å². The van der Waals surface area contributed by atoms with Crippen LogP contribution in [-0.4, -0.2) is 138 Å². The number of ether oxygens (including phenoxy) is 4. The summed E-state index contributed by atoms with van der Waals surface area (Å²) in [4.78, 5) is 116. The number of carboxylic acids is 1. The molecule has 11 bridgehead atoms. The van der Waals surface area contributed by atoms with Crippen LogP contribution in [0, 0.1) is 5.92 Å². The average Bonchev–Trinajstić information content (AvgIpc) is 0.826. The maximum Gasteiger partial charge on any atom is 0.330 e. The number of phenolic OH excluding ortho intramolecular Hbond substituents is 4. The second kappa shape index (κ2) is 26.2. The largest absolute Gasteiger partial charge is 0.508 e. The molecule has 30 heteroatoms. The number of hydrogen-bond donors (Lipinski definition) is 16. The molecule has 0 aliphatic carbocycles. The Morgan fingerprint density at radius 1 is 0.733 bits per heavy atom. The number of aliphatic hydroxyl groups is 2. The Kier molecular flexibility index (Phi) is 19.1. The number of aliphatic carboxylic acids is 1. The van der Waals surface area contributed by atoms with Crippen LogP contribution in [0.3, 0.4) is 0 Å². The monoisotopic (exact) mass is 1290 g/mol. The van der Waals surface area contributed by atoms with Crippen molar-refractivity contribution in [2.24, 2.45) is 17.4 Å². The number of aromatic hydroxyl groups is 4. The summed E-state index contributed by atoms with van der Waals surface area (Å²) in [6, 6.07) is 0.804. The molecule has 90 heavy (non-hydrogen) atoms. The molecule has 1 fully saturated rings. The molecule has 6 unspecified atom stereocenters. The summed E-state index contributed by atoms with van der Waals surface area (Å²) in [6.45, 7) is 6.67. The Balaban J connectivity index is 1.29. The van der Waals surface area contributed by atoms with Crippen LogP contribution in [0.2, 0.25) is 10.0 Å². The van der Waals surface area contributed by atoms with Crippen LogP contribution >= 0.6 is 23.2 Å². The van der Waals surface area contributed by atoms with E-state index in [0.717, 1.165) is 42.5 Å². The van der Waals surface area contributed by atoms with E-state index < -0.39 is 183 Å². The molecule has 6 aliphatic heterocycles. The van der Waals surface area contributed by atoms with E-state index in [2.05, 4.69) is 37.2 Å². The zero-order valence-electron chi connectivity index (χ0n) is 48.6. The normalized spacial score (nSPS) is 26.4. The van der Waals surface area contributed by atoms with Gasteiger partial charge in [0.25, 0.3) is 0 Å². The summed E-state index contributed by atoms with van der Waals surface area (Å²) in [5, 5.41) is 97.0. The van der Waals surface area contributed by atoms with Crippen molar-refractivity contribution in [2.45, 2.75) is 125 Å². The number of fused-ring (bicyclic) bond motifs is 15. The number of benzene rings is 5. The number of carboxylic acid groups (broad SMARTS) is 1. The van der Waals surface area contributed by atoms with Gasteiger partial charge < -0.3 is 103 Å². The van der Waals surface area contributed by atoms with Crippen molar-refractivity contribution in [2.75, 3.05) is 7.05 Å². The number of primary amides is 1. The Labute approximate surface area is 522 Å². The molecule has 5 aromatic rings. The van der Waals surface area contributed by atoms with Crippen LogP contribution in [-0.2, 0) is 47.8 Å². The van der Waals surface area contributed by atoms with E-state index in [1.807, 2.05) is 13.8 Å². The van der Waals surface area contributed by atoms with E-state index in [9.17, 15) is 54.9 Å². The van der Waals surface area contributed by atoms with Crippen LogP contribution < -0.4 is 58.2 Å². The fraction of sp³-hybridized carbons (Fsp3) is 0.367. The highest BCUT2D eigenvalue weighted by atomic mass is 35.5. The van der Waals surface area contributed by atoms with Gasteiger partial charge in [-0.1, -0.05) is 55.2 Å². The molecule has 28 nitrogen and oxygen atoms in total. The smallest absolute Gasteiger partial charge is 0.330 e. The number of phenols is 4. The minimum Gasteiger partial charge on any atom is -0.508 e. The zero-order chi connectivity index (χ0) is 65.5. The van der Waals surface area contributed by atoms with E-state index in [4.69, 9.17) is 53.6 Å². The van der Waals surface area contributed by atoms with E-state index in [-0.39, 0.29) is 62.6 Å². The van der Waals surface area contributed by atoms with Crippen molar-refractivity contribution in [3.63, 3.8) is 0 Å². The van der Waals surface area contributed by atoms with Gasteiger partial charge in [0.05, 0.1) is 34.7 Å². The fourth-order valence-corrected chi connectivity index (χ4v) is 11.6. The van der Waals surface area contributed by atoms with E-state index in [1.54, 1.807) is 0 Å². The summed E-state index contributed by atoms with van der Waals surface area (Å²) in [5.74, 6) is -15.1. The Morgan fingerprint density at radius 3 is 1.93 bits per heavy atom. The summed E-state index contributed by atoms with van der Waals surface area (Å²) in [5.41, 5.74) is 8.57. The summed E-state index contributed by atoms with van der Waals surface area (Å²) in [6.07, 6.45) is -8.53. The third kappa shape index (κ3) is 13.7. The van der Waals surface area contributed by atoms with Gasteiger partial charge in [-0.2, -0.15) is 0 Å². The van der Waals surface area contributed by atoms with Gasteiger partial charge in [0.1, 0.15) is 71.2 Å². The number of halogens is 2. The quantitative estimate of drug-likeness (QED) is 0.0955. The number of rotatable bonds is 10. The van der Waals surface area contributed by atoms with Gasteiger partial charge in [-0.05, 0) is 110 Å². The first kappa shape index (κ1) is 65.4. The molecule has 11 rings (SSSR count). The van der Waals surface area contributed by atoms with Gasteiger partial charge in [0.2, 0.25) is 47.1 Å². The lowest BCUT2D eigenvalue weighted by molar-refractivity contribution is -0.255. The molecule has 7 amide bonds. The van der Waals surface area contributed by atoms with Crippen LogP contribution in [0.4, 0.5) is 0 Å². The minimum absolute atomic E-state index is 0.0478. The van der Waals surface area contributed by atoms with Crippen molar-refractivity contribution < 1.29 is 93.0 Å². The van der Waals surface area contributed by atoms with Crippen LogP contribution in [0.25, 0.3) is 11.1 Å².